The molecule has 0 saturated heterocycles. The Bertz CT molecular complexity index is 1150. The van der Waals surface area contributed by atoms with Crippen LogP contribution in [-0.2, 0) is 0 Å². The van der Waals surface area contributed by atoms with E-state index in [1.54, 1.807) is 23.9 Å². The van der Waals surface area contributed by atoms with Gasteiger partial charge < -0.3 is 0 Å². The van der Waals surface area contributed by atoms with Crippen molar-refractivity contribution >= 4 is 34.1 Å². The number of rotatable bonds is 3. The molecule has 25 heavy (non-hydrogen) atoms. The summed E-state index contributed by atoms with van der Waals surface area (Å²) in [6.45, 7) is 0. The Morgan fingerprint density at radius 1 is 1.12 bits per heavy atom. The first-order valence-electron chi connectivity index (χ1n) is 7.45. The van der Waals surface area contributed by atoms with Crippen LogP contribution in [0.3, 0.4) is 0 Å². The van der Waals surface area contributed by atoms with Crippen LogP contribution in [0.15, 0.2) is 58.2 Å². The van der Waals surface area contributed by atoms with E-state index < -0.39 is 0 Å². The second-order valence-electron chi connectivity index (χ2n) is 5.33. The lowest BCUT2D eigenvalue weighted by Crippen LogP contribution is -2.23. The van der Waals surface area contributed by atoms with Gasteiger partial charge in [-0.05, 0) is 54.3 Å². The molecule has 2 aromatic carbocycles. The number of aromatic nitrogens is 3. The maximum Gasteiger partial charge on any atom is 0.291 e. The van der Waals surface area contributed by atoms with Crippen molar-refractivity contribution in [1.29, 1.82) is 0 Å². The molecule has 0 aliphatic heterocycles. The smallest absolute Gasteiger partial charge is 0.266 e. The summed E-state index contributed by atoms with van der Waals surface area (Å²) < 4.78 is 14.9. The van der Waals surface area contributed by atoms with E-state index in [9.17, 15) is 9.18 Å². The normalized spacial score (nSPS) is 12.2. The summed E-state index contributed by atoms with van der Waals surface area (Å²) in [6.07, 6.45) is 3.86. The topological polar surface area (TPSA) is 47.3 Å². The summed E-state index contributed by atoms with van der Waals surface area (Å²) >= 11 is 2.96. The maximum atomic E-state index is 13.0. The molecule has 0 radical (unpaired) electrons. The van der Waals surface area contributed by atoms with Crippen LogP contribution in [0.2, 0.25) is 0 Å². The number of hydrogen-bond acceptors (Lipinski definition) is 5. The van der Waals surface area contributed by atoms with Gasteiger partial charge in [-0.3, -0.25) is 4.79 Å². The van der Waals surface area contributed by atoms with Gasteiger partial charge in [0.05, 0.1) is 4.53 Å². The quantitative estimate of drug-likeness (QED) is 0.520. The molecule has 7 heteroatoms. The lowest BCUT2D eigenvalue weighted by molar-refractivity contribution is 0.628. The van der Waals surface area contributed by atoms with Crippen LogP contribution in [-0.4, -0.2) is 20.9 Å². The zero-order valence-electron chi connectivity index (χ0n) is 13.1. The highest BCUT2D eigenvalue weighted by molar-refractivity contribution is 7.98. The van der Waals surface area contributed by atoms with Crippen molar-refractivity contribution < 1.29 is 4.39 Å². The van der Waals surface area contributed by atoms with Crippen molar-refractivity contribution in [3.05, 3.63) is 74.8 Å². The SMILES string of the molecule is CSc1ccc(/C=c2\sc3nc(-c4ccc(F)cc4)nn3c2=O)cc1. The third kappa shape index (κ3) is 3.08. The van der Waals surface area contributed by atoms with Gasteiger partial charge in [0.25, 0.3) is 5.56 Å². The summed E-state index contributed by atoms with van der Waals surface area (Å²) in [5.74, 6) is 0.0953. The average Bonchev–Trinajstić information content (AvgIpc) is 3.16. The van der Waals surface area contributed by atoms with Gasteiger partial charge in [0.1, 0.15) is 5.82 Å². The van der Waals surface area contributed by atoms with Crippen LogP contribution in [0.1, 0.15) is 5.56 Å². The average molecular weight is 369 g/mol. The highest BCUT2D eigenvalue weighted by Crippen LogP contribution is 2.17. The molecule has 0 aliphatic rings. The molecule has 4 nitrogen and oxygen atoms in total. The summed E-state index contributed by atoms with van der Waals surface area (Å²) in [6, 6.07) is 13.9. The van der Waals surface area contributed by atoms with Gasteiger partial charge >= 0.3 is 0 Å². The first-order valence-corrected chi connectivity index (χ1v) is 9.49. The molecule has 0 saturated carbocycles. The Hall–Kier alpha value is -2.51. The number of fused-ring (bicyclic) bond motifs is 1. The maximum absolute atomic E-state index is 13.0. The molecule has 0 N–H and O–H groups in total. The van der Waals surface area contributed by atoms with Gasteiger partial charge in [-0.15, -0.1) is 16.9 Å². The summed E-state index contributed by atoms with van der Waals surface area (Å²) in [4.78, 5) is 18.6. The number of halogens is 1. The van der Waals surface area contributed by atoms with E-state index in [0.717, 1.165) is 5.56 Å². The third-order valence-corrected chi connectivity index (χ3v) is 5.40. The van der Waals surface area contributed by atoms with E-state index in [-0.39, 0.29) is 11.4 Å². The zero-order valence-corrected chi connectivity index (χ0v) is 14.8. The van der Waals surface area contributed by atoms with Crippen LogP contribution >= 0.6 is 23.1 Å². The van der Waals surface area contributed by atoms with E-state index in [0.29, 0.717) is 20.9 Å². The molecule has 0 unspecified atom stereocenters. The molecule has 0 atom stereocenters. The molecule has 124 valence electrons. The monoisotopic (exact) mass is 369 g/mol. The molecular formula is C18H12FN3OS2. The number of thioether (sulfide) groups is 1. The fraction of sp³-hybridized carbons (Fsp3) is 0.0556. The Kier molecular flexibility index (Phi) is 4.10. The van der Waals surface area contributed by atoms with Gasteiger partial charge in [0.15, 0.2) is 5.82 Å². The fourth-order valence-corrected chi connectivity index (χ4v) is 3.72. The largest absolute Gasteiger partial charge is 0.291 e. The molecule has 0 aliphatic carbocycles. The van der Waals surface area contributed by atoms with Gasteiger partial charge in [-0.2, -0.15) is 9.50 Å². The third-order valence-electron chi connectivity index (χ3n) is 3.70. The Balaban J connectivity index is 1.76. The molecule has 2 heterocycles. The Labute approximate surface area is 150 Å². The highest BCUT2D eigenvalue weighted by atomic mass is 32.2. The Morgan fingerprint density at radius 3 is 2.48 bits per heavy atom. The minimum atomic E-state index is -0.321. The van der Waals surface area contributed by atoms with Gasteiger partial charge in [0, 0.05) is 10.5 Å². The molecule has 2 aromatic heterocycles. The molecule has 0 spiro atoms. The van der Waals surface area contributed by atoms with Crippen molar-refractivity contribution in [2.45, 2.75) is 4.90 Å². The molecular weight excluding hydrogens is 357 g/mol. The number of thiazole rings is 1. The molecule has 0 amide bonds. The van der Waals surface area contributed by atoms with Crippen LogP contribution in [0, 0.1) is 5.82 Å². The van der Waals surface area contributed by atoms with E-state index >= 15 is 0 Å². The van der Waals surface area contributed by atoms with Crippen molar-refractivity contribution in [3.63, 3.8) is 0 Å². The standard InChI is InChI=1S/C18H12FN3OS2/c1-24-14-8-2-11(3-9-14)10-15-17(23)22-18(25-15)20-16(21-22)12-4-6-13(19)7-5-12/h2-10H,1H3/b15-10-. The second kappa shape index (κ2) is 6.42. The van der Waals surface area contributed by atoms with E-state index in [1.807, 2.05) is 36.6 Å². The van der Waals surface area contributed by atoms with Crippen molar-refractivity contribution in [1.82, 2.24) is 14.6 Å². The van der Waals surface area contributed by atoms with Crippen LogP contribution < -0.4 is 10.1 Å². The van der Waals surface area contributed by atoms with Crippen LogP contribution in [0.4, 0.5) is 4.39 Å². The predicted molar refractivity (Wildman–Crippen MR) is 99.5 cm³/mol. The van der Waals surface area contributed by atoms with Gasteiger partial charge in [-0.1, -0.05) is 23.5 Å². The number of benzene rings is 2. The molecule has 0 bridgehead atoms. The van der Waals surface area contributed by atoms with E-state index in [1.165, 1.54) is 32.9 Å². The first kappa shape index (κ1) is 16.0. The second-order valence-corrected chi connectivity index (χ2v) is 7.21. The first-order chi connectivity index (χ1) is 12.1. The lowest BCUT2D eigenvalue weighted by Gasteiger charge is -1.95. The van der Waals surface area contributed by atoms with Crippen molar-refractivity contribution in [2.24, 2.45) is 0 Å². The summed E-state index contributed by atoms with van der Waals surface area (Å²) in [7, 11) is 0. The van der Waals surface area contributed by atoms with Crippen molar-refractivity contribution in [2.75, 3.05) is 6.26 Å². The lowest BCUT2D eigenvalue weighted by atomic mass is 10.2. The molecule has 4 aromatic rings. The minimum absolute atomic E-state index is 0.199. The fourth-order valence-electron chi connectivity index (χ4n) is 2.41. The van der Waals surface area contributed by atoms with E-state index in [4.69, 9.17) is 0 Å². The minimum Gasteiger partial charge on any atom is -0.266 e. The highest BCUT2D eigenvalue weighted by Gasteiger charge is 2.12. The Morgan fingerprint density at radius 2 is 1.84 bits per heavy atom. The molecule has 0 fully saturated rings. The van der Waals surface area contributed by atoms with Crippen molar-refractivity contribution in [3.8, 4) is 11.4 Å². The predicted octanol–water partition coefficient (Wildman–Crippen LogP) is 3.23. The van der Waals surface area contributed by atoms with Crippen LogP contribution in [0.25, 0.3) is 22.4 Å². The molecule has 4 rings (SSSR count). The number of hydrogen-bond donors (Lipinski definition) is 0. The van der Waals surface area contributed by atoms with Gasteiger partial charge in [0.2, 0.25) is 4.96 Å². The van der Waals surface area contributed by atoms with Gasteiger partial charge in [-0.25, -0.2) is 4.39 Å². The summed E-state index contributed by atoms with van der Waals surface area (Å²) in [5, 5.41) is 4.26. The van der Waals surface area contributed by atoms with Crippen LogP contribution in [0.5, 0.6) is 0 Å². The zero-order chi connectivity index (χ0) is 17.4. The summed E-state index contributed by atoms with van der Waals surface area (Å²) in [5.41, 5.74) is 1.43. The number of nitrogens with zero attached hydrogens (tertiary/aromatic N) is 3. The van der Waals surface area contributed by atoms with E-state index in [2.05, 4.69) is 10.1 Å².